The number of unbranched alkanes of at least 4 members (excludes halogenated alkanes) is 1. The molecular formula is C17H29N3O3S. The molecule has 1 aliphatic heterocycles. The highest BCUT2D eigenvalue weighted by molar-refractivity contribution is 7.89. The number of anilines is 1. The lowest BCUT2D eigenvalue weighted by Crippen LogP contribution is -2.48. The molecule has 1 heterocycles. The molecule has 0 saturated carbocycles. The van der Waals surface area contributed by atoms with Crippen LogP contribution in [0.4, 0.5) is 5.69 Å². The van der Waals surface area contributed by atoms with E-state index in [4.69, 9.17) is 4.74 Å². The highest BCUT2D eigenvalue weighted by Crippen LogP contribution is 2.20. The van der Waals surface area contributed by atoms with Crippen molar-refractivity contribution < 1.29 is 13.2 Å². The summed E-state index contributed by atoms with van der Waals surface area (Å²) < 4.78 is 31.4. The Kier molecular flexibility index (Phi) is 7.33. The van der Waals surface area contributed by atoms with E-state index < -0.39 is 10.0 Å². The van der Waals surface area contributed by atoms with E-state index in [9.17, 15) is 8.42 Å². The summed E-state index contributed by atoms with van der Waals surface area (Å²) in [6, 6.07) is 8.12. The fourth-order valence-electron chi connectivity index (χ4n) is 2.79. The minimum absolute atomic E-state index is 0.231. The Morgan fingerprint density at radius 1 is 1.12 bits per heavy atom. The van der Waals surface area contributed by atoms with Crippen LogP contribution in [-0.2, 0) is 10.0 Å². The van der Waals surface area contributed by atoms with Gasteiger partial charge in [0.25, 0.3) is 0 Å². The average molecular weight is 356 g/mol. The first-order valence-electron chi connectivity index (χ1n) is 8.63. The smallest absolute Gasteiger partial charge is 0.211 e. The summed E-state index contributed by atoms with van der Waals surface area (Å²) in [6.07, 6.45) is 1.62. The molecule has 1 fully saturated rings. The molecule has 0 aromatic heterocycles. The number of hydrogen-bond donors (Lipinski definition) is 1. The number of sulfonamides is 1. The molecule has 1 aromatic carbocycles. The Balaban J connectivity index is 1.70. The standard InChI is InChI=1S/C17H29N3O3S/c1-3-4-15-24(21,22)18-9-10-19-11-13-20(14-12-19)16-5-7-17(23-2)8-6-16/h5-8,18H,3-4,9-15H2,1-2H3. The normalized spacial score (nSPS) is 16.3. The highest BCUT2D eigenvalue weighted by Gasteiger charge is 2.17. The summed E-state index contributed by atoms with van der Waals surface area (Å²) in [5.74, 6) is 1.10. The molecule has 0 unspecified atom stereocenters. The zero-order chi connectivity index (χ0) is 17.4. The molecule has 1 saturated heterocycles. The molecule has 0 aliphatic carbocycles. The van der Waals surface area contributed by atoms with Gasteiger partial charge in [-0.15, -0.1) is 0 Å². The van der Waals surface area contributed by atoms with E-state index in [0.29, 0.717) is 6.54 Å². The van der Waals surface area contributed by atoms with Crippen molar-refractivity contribution in [2.45, 2.75) is 19.8 Å². The third-order valence-corrected chi connectivity index (χ3v) is 5.80. The van der Waals surface area contributed by atoms with Crippen molar-refractivity contribution in [2.75, 3.05) is 57.0 Å². The number of hydrogen-bond acceptors (Lipinski definition) is 5. The number of nitrogens with zero attached hydrogens (tertiary/aromatic N) is 2. The summed E-state index contributed by atoms with van der Waals surface area (Å²) in [7, 11) is -1.43. The third-order valence-electron chi connectivity index (χ3n) is 4.33. The molecule has 1 aliphatic rings. The summed E-state index contributed by atoms with van der Waals surface area (Å²) in [5, 5.41) is 0. The van der Waals surface area contributed by atoms with Crippen LogP contribution in [-0.4, -0.2) is 65.4 Å². The lowest BCUT2D eigenvalue weighted by atomic mass is 10.2. The average Bonchev–Trinajstić information content (AvgIpc) is 2.61. The molecular weight excluding hydrogens is 326 g/mol. The summed E-state index contributed by atoms with van der Waals surface area (Å²) >= 11 is 0. The lowest BCUT2D eigenvalue weighted by molar-refractivity contribution is 0.262. The first kappa shape index (κ1) is 19.0. The van der Waals surface area contributed by atoms with Crippen LogP contribution in [0.25, 0.3) is 0 Å². The molecule has 0 amide bonds. The second-order valence-electron chi connectivity index (χ2n) is 6.09. The minimum atomic E-state index is -3.10. The first-order chi connectivity index (χ1) is 11.5. The van der Waals surface area contributed by atoms with Gasteiger partial charge in [-0.2, -0.15) is 0 Å². The van der Waals surface area contributed by atoms with E-state index in [1.54, 1.807) is 7.11 Å². The summed E-state index contributed by atoms with van der Waals surface area (Å²) in [4.78, 5) is 4.66. The summed E-state index contributed by atoms with van der Waals surface area (Å²) in [6.45, 7) is 7.06. The molecule has 0 bridgehead atoms. The zero-order valence-corrected chi connectivity index (χ0v) is 15.5. The molecule has 1 aromatic rings. The van der Waals surface area contributed by atoms with Crippen LogP contribution in [0.1, 0.15) is 19.8 Å². The van der Waals surface area contributed by atoms with Crippen molar-refractivity contribution >= 4 is 15.7 Å². The molecule has 1 N–H and O–H groups in total. The molecule has 24 heavy (non-hydrogen) atoms. The maximum absolute atomic E-state index is 11.8. The number of benzene rings is 1. The van der Waals surface area contributed by atoms with E-state index in [1.165, 1.54) is 5.69 Å². The molecule has 0 atom stereocenters. The van der Waals surface area contributed by atoms with Gasteiger partial charge in [-0.25, -0.2) is 13.1 Å². The molecule has 2 rings (SSSR count). The quantitative estimate of drug-likeness (QED) is 0.728. The van der Waals surface area contributed by atoms with Gasteiger partial charge in [-0.3, -0.25) is 4.90 Å². The number of rotatable bonds is 9. The van der Waals surface area contributed by atoms with Crippen molar-refractivity contribution in [3.63, 3.8) is 0 Å². The van der Waals surface area contributed by atoms with E-state index in [-0.39, 0.29) is 5.75 Å². The van der Waals surface area contributed by atoms with Crippen molar-refractivity contribution in [3.05, 3.63) is 24.3 Å². The van der Waals surface area contributed by atoms with Crippen molar-refractivity contribution in [2.24, 2.45) is 0 Å². The van der Waals surface area contributed by atoms with Crippen molar-refractivity contribution in [1.29, 1.82) is 0 Å². The van der Waals surface area contributed by atoms with Gasteiger partial charge >= 0.3 is 0 Å². The fraction of sp³-hybridized carbons (Fsp3) is 0.647. The molecule has 6 nitrogen and oxygen atoms in total. The zero-order valence-electron chi connectivity index (χ0n) is 14.7. The van der Waals surface area contributed by atoms with E-state index in [0.717, 1.165) is 51.3 Å². The second kappa shape index (κ2) is 9.25. The van der Waals surface area contributed by atoms with E-state index in [1.807, 2.05) is 19.1 Å². The number of methoxy groups -OCH3 is 1. The van der Waals surface area contributed by atoms with Gasteiger partial charge < -0.3 is 9.64 Å². The Labute approximate surface area is 145 Å². The Morgan fingerprint density at radius 2 is 1.79 bits per heavy atom. The van der Waals surface area contributed by atoms with Crippen LogP contribution in [0.15, 0.2) is 24.3 Å². The maximum Gasteiger partial charge on any atom is 0.211 e. The molecule has 0 radical (unpaired) electrons. The van der Waals surface area contributed by atoms with Gasteiger partial charge in [-0.05, 0) is 30.7 Å². The first-order valence-corrected chi connectivity index (χ1v) is 10.3. The van der Waals surface area contributed by atoms with Gasteiger partial charge in [0.15, 0.2) is 0 Å². The second-order valence-corrected chi connectivity index (χ2v) is 8.02. The lowest BCUT2D eigenvalue weighted by Gasteiger charge is -2.36. The maximum atomic E-state index is 11.8. The van der Waals surface area contributed by atoms with Crippen LogP contribution in [0.2, 0.25) is 0 Å². The van der Waals surface area contributed by atoms with Crippen LogP contribution in [0, 0.1) is 0 Å². The molecule has 0 spiro atoms. The van der Waals surface area contributed by atoms with E-state index in [2.05, 4.69) is 26.7 Å². The highest BCUT2D eigenvalue weighted by atomic mass is 32.2. The minimum Gasteiger partial charge on any atom is -0.497 e. The monoisotopic (exact) mass is 355 g/mol. The van der Waals surface area contributed by atoms with E-state index >= 15 is 0 Å². The van der Waals surface area contributed by atoms with Crippen molar-refractivity contribution in [3.8, 4) is 5.75 Å². The largest absolute Gasteiger partial charge is 0.497 e. The van der Waals surface area contributed by atoms with Crippen LogP contribution in [0.5, 0.6) is 5.75 Å². The van der Waals surface area contributed by atoms with Crippen molar-refractivity contribution in [1.82, 2.24) is 9.62 Å². The Morgan fingerprint density at radius 3 is 2.38 bits per heavy atom. The van der Waals surface area contributed by atoms with Crippen LogP contribution < -0.4 is 14.4 Å². The Bertz CT molecular complexity index is 582. The van der Waals surface area contributed by atoms with Gasteiger partial charge in [0, 0.05) is 45.0 Å². The van der Waals surface area contributed by atoms with Gasteiger partial charge in [0.1, 0.15) is 5.75 Å². The van der Waals surface area contributed by atoms with Crippen LogP contribution in [0.3, 0.4) is 0 Å². The predicted octanol–water partition coefficient (Wildman–Crippen LogP) is 1.54. The summed E-state index contributed by atoms with van der Waals surface area (Å²) in [5.41, 5.74) is 1.20. The Hall–Kier alpha value is -1.31. The number of ether oxygens (including phenoxy) is 1. The molecule has 136 valence electrons. The fourth-order valence-corrected chi connectivity index (χ4v) is 4.00. The predicted molar refractivity (Wildman–Crippen MR) is 98.3 cm³/mol. The van der Waals surface area contributed by atoms with Gasteiger partial charge in [0.2, 0.25) is 10.0 Å². The van der Waals surface area contributed by atoms with Crippen LogP contribution >= 0.6 is 0 Å². The topological polar surface area (TPSA) is 61.9 Å². The number of nitrogens with one attached hydrogen (secondary N) is 1. The number of piperazine rings is 1. The van der Waals surface area contributed by atoms with Gasteiger partial charge in [0.05, 0.1) is 12.9 Å². The SMILES string of the molecule is CCCCS(=O)(=O)NCCN1CCN(c2ccc(OC)cc2)CC1. The van der Waals surface area contributed by atoms with Gasteiger partial charge in [-0.1, -0.05) is 13.3 Å². The third kappa shape index (κ3) is 5.96. The molecule has 7 heteroatoms.